The van der Waals surface area contributed by atoms with Crippen molar-refractivity contribution in [3.05, 3.63) is 33.7 Å². The van der Waals surface area contributed by atoms with E-state index >= 15 is 0 Å². The summed E-state index contributed by atoms with van der Waals surface area (Å²) in [6, 6.07) is 1.70. The van der Waals surface area contributed by atoms with Crippen LogP contribution in [0, 0.1) is 12.8 Å². The number of carboxylic acids is 1. The highest BCUT2D eigenvalue weighted by atomic mass is 16.4. The smallest absolute Gasteiger partial charge is 0.341 e. The van der Waals surface area contributed by atoms with Crippen LogP contribution in [0.15, 0.2) is 17.1 Å². The maximum atomic E-state index is 12.1. The minimum absolute atomic E-state index is 0.107. The highest BCUT2D eigenvalue weighted by Gasteiger charge is 2.16. The number of pyridine rings is 1. The molecule has 1 atom stereocenters. The monoisotopic (exact) mass is 292 g/mol. The van der Waals surface area contributed by atoms with Crippen molar-refractivity contribution in [3.8, 4) is 0 Å². The number of carboxylic acid groups (broad SMARTS) is 1. The molecule has 0 aliphatic carbocycles. The van der Waals surface area contributed by atoms with Crippen LogP contribution in [0.2, 0.25) is 0 Å². The van der Waals surface area contributed by atoms with Gasteiger partial charge in [-0.15, -0.1) is 0 Å². The van der Waals surface area contributed by atoms with Crippen LogP contribution < -0.4 is 5.56 Å². The van der Waals surface area contributed by atoms with Crippen LogP contribution in [0.4, 0.5) is 0 Å². The lowest BCUT2D eigenvalue weighted by molar-refractivity contribution is 0.0693. The van der Waals surface area contributed by atoms with E-state index in [0.717, 1.165) is 32.0 Å². The molecule has 0 spiro atoms. The van der Waals surface area contributed by atoms with Crippen LogP contribution in [-0.4, -0.2) is 40.2 Å². The van der Waals surface area contributed by atoms with Gasteiger partial charge in [-0.2, -0.15) is 0 Å². The Labute approximate surface area is 125 Å². The molecule has 1 aliphatic rings. The minimum Gasteiger partial charge on any atom is -0.477 e. The van der Waals surface area contributed by atoms with E-state index < -0.39 is 11.5 Å². The molecule has 0 amide bonds. The highest BCUT2D eigenvalue weighted by molar-refractivity contribution is 5.88. The van der Waals surface area contributed by atoms with Gasteiger partial charge in [-0.3, -0.25) is 4.79 Å². The largest absolute Gasteiger partial charge is 0.477 e. The first-order valence-electron chi connectivity index (χ1n) is 7.64. The molecule has 0 radical (unpaired) electrons. The van der Waals surface area contributed by atoms with Gasteiger partial charge in [0.1, 0.15) is 5.56 Å². The van der Waals surface area contributed by atoms with Gasteiger partial charge in [-0.1, -0.05) is 6.92 Å². The topological polar surface area (TPSA) is 62.5 Å². The number of aromatic carboxylic acids is 1. The van der Waals surface area contributed by atoms with Crippen molar-refractivity contribution >= 4 is 5.97 Å². The maximum Gasteiger partial charge on any atom is 0.341 e. The number of nitrogens with zero attached hydrogens (tertiary/aromatic N) is 2. The van der Waals surface area contributed by atoms with E-state index in [4.69, 9.17) is 5.11 Å². The number of aromatic nitrogens is 1. The fraction of sp³-hybridized carbons (Fsp3) is 0.625. The van der Waals surface area contributed by atoms with E-state index in [2.05, 4.69) is 11.8 Å². The predicted molar refractivity (Wildman–Crippen MR) is 81.9 cm³/mol. The summed E-state index contributed by atoms with van der Waals surface area (Å²) in [6.07, 6.45) is 5.11. The lowest BCUT2D eigenvalue weighted by Gasteiger charge is -2.30. The zero-order chi connectivity index (χ0) is 15.4. The molecule has 1 aliphatic heterocycles. The normalized spacial score (nSPS) is 19.6. The minimum atomic E-state index is -1.14. The standard InChI is InChI=1S/C16H24N2O3/c1-12-5-3-7-17(11-12)8-4-9-18-10-6-13(2)14(15(18)19)16(20)21/h6,10,12H,3-5,7-9,11H2,1-2H3,(H,20,21). The molecule has 1 N–H and O–H groups in total. The quantitative estimate of drug-likeness (QED) is 0.901. The summed E-state index contributed by atoms with van der Waals surface area (Å²) in [6.45, 7) is 7.73. The molecule has 116 valence electrons. The van der Waals surface area contributed by atoms with Gasteiger partial charge in [0.05, 0.1) is 0 Å². The van der Waals surface area contributed by atoms with Crippen molar-refractivity contribution in [2.24, 2.45) is 5.92 Å². The molecule has 0 aromatic carbocycles. The molecule has 21 heavy (non-hydrogen) atoms. The molecule has 1 unspecified atom stereocenters. The Hall–Kier alpha value is -1.62. The molecular weight excluding hydrogens is 268 g/mol. The molecule has 2 rings (SSSR count). The number of rotatable bonds is 5. The first-order valence-corrected chi connectivity index (χ1v) is 7.64. The SMILES string of the molecule is Cc1ccn(CCCN2CCCC(C)C2)c(=O)c1C(=O)O. The molecule has 0 bridgehead atoms. The van der Waals surface area contributed by atoms with E-state index in [9.17, 15) is 9.59 Å². The molecule has 1 saturated heterocycles. The van der Waals surface area contributed by atoms with Crippen LogP contribution in [0.25, 0.3) is 0 Å². The van der Waals surface area contributed by atoms with E-state index in [1.54, 1.807) is 19.2 Å². The highest BCUT2D eigenvalue weighted by Crippen LogP contribution is 2.15. The number of carbonyl (C=O) groups is 1. The third-order valence-corrected chi connectivity index (χ3v) is 4.20. The average molecular weight is 292 g/mol. The van der Waals surface area contributed by atoms with Crippen molar-refractivity contribution in [3.63, 3.8) is 0 Å². The lowest BCUT2D eigenvalue weighted by Crippen LogP contribution is -2.36. The van der Waals surface area contributed by atoms with Crippen molar-refractivity contribution in [1.82, 2.24) is 9.47 Å². The molecular formula is C16H24N2O3. The third-order valence-electron chi connectivity index (χ3n) is 4.20. The van der Waals surface area contributed by atoms with E-state index in [1.165, 1.54) is 17.4 Å². The second-order valence-corrected chi connectivity index (χ2v) is 6.08. The van der Waals surface area contributed by atoms with Crippen LogP contribution in [0.3, 0.4) is 0 Å². The summed E-state index contributed by atoms with van der Waals surface area (Å²) in [4.78, 5) is 25.7. The molecule has 2 heterocycles. The first kappa shape index (κ1) is 15.8. The Morgan fingerprint density at radius 1 is 1.43 bits per heavy atom. The number of hydrogen-bond donors (Lipinski definition) is 1. The van der Waals surface area contributed by atoms with E-state index in [0.29, 0.717) is 12.1 Å². The molecule has 1 fully saturated rings. The van der Waals surface area contributed by atoms with Gasteiger partial charge in [0.25, 0.3) is 5.56 Å². The fourth-order valence-electron chi connectivity index (χ4n) is 3.06. The van der Waals surface area contributed by atoms with Gasteiger partial charge in [0, 0.05) is 19.3 Å². The summed E-state index contributed by atoms with van der Waals surface area (Å²) in [5.74, 6) is -0.392. The molecule has 1 aromatic heterocycles. The Balaban J connectivity index is 1.96. The third kappa shape index (κ3) is 3.94. The van der Waals surface area contributed by atoms with Crippen LogP contribution >= 0.6 is 0 Å². The number of hydrogen-bond acceptors (Lipinski definition) is 3. The van der Waals surface area contributed by atoms with E-state index in [-0.39, 0.29) is 5.56 Å². The van der Waals surface area contributed by atoms with Gasteiger partial charge in [0.2, 0.25) is 0 Å². The first-order chi connectivity index (χ1) is 9.99. The molecule has 5 heteroatoms. The fourth-order valence-corrected chi connectivity index (χ4v) is 3.06. The lowest BCUT2D eigenvalue weighted by atomic mass is 10.0. The molecule has 0 saturated carbocycles. The number of likely N-dealkylation sites (tertiary alicyclic amines) is 1. The number of piperidine rings is 1. The molecule has 5 nitrogen and oxygen atoms in total. The van der Waals surface area contributed by atoms with Gasteiger partial charge in [-0.05, 0) is 56.8 Å². The predicted octanol–water partition coefficient (Wildman–Crippen LogP) is 1.98. The Morgan fingerprint density at radius 2 is 2.19 bits per heavy atom. The van der Waals surface area contributed by atoms with Crippen molar-refractivity contribution in [1.29, 1.82) is 0 Å². The Bertz CT molecular complexity index is 565. The second kappa shape index (κ2) is 6.89. The van der Waals surface area contributed by atoms with Crippen LogP contribution in [0.1, 0.15) is 42.1 Å². The van der Waals surface area contributed by atoms with Crippen molar-refractivity contribution < 1.29 is 9.90 Å². The van der Waals surface area contributed by atoms with E-state index in [1.807, 2.05) is 0 Å². The van der Waals surface area contributed by atoms with Gasteiger partial charge < -0.3 is 14.6 Å². The van der Waals surface area contributed by atoms with Gasteiger partial charge in [0.15, 0.2) is 0 Å². The zero-order valence-electron chi connectivity index (χ0n) is 12.8. The van der Waals surface area contributed by atoms with Gasteiger partial charge >= 0.3 is 5.97 Å². The average Bonchev–Trinajstić information content (AvgIpc) is 2.41. The number of aryl methyl sites for hydroxylation is 2. The van der Waals surface area contributed by atoms with Crippen molar-refractivity contribution in [2.75, 3.05) is 19.6 Å². The summed E-state index contributed by atoms with van der Waals surface area (Å²) in [5, 5.41) is 9.11. The summed E-state index contributed by atoms with van der Waals surface area (Å²) >= 11 is 0. The zero-order valence-corrected chi connectivity index (χ0v) is 12.8. The Kier molecular flexibility index (Phi) is 5.17. The van der Waals surface area contributed by atoms with Gasteiger partial charge in [-0.25, -0.2) is 4.79 Å². The van der Waals surface area contributed by atoms with Crippen LogP contribution in [-0.2, 0) is 6.54 Å². The second-order valence-electron chi connectivity index (χ2n) is 6.08. The van der Waals surface area contributed by atoms with Crippen molar-refractivity contribution in [2.45, 2.75) is 39.7 Å². The summed E-state index contributed by atoms with van der Waals surface area (Å²) < 4.78 is 1.52. The summed E-state index contributed by atoms with van der Waals surface area (Å²) in [7, 11) is 0. The summed E-state index contributed by atoms with van der Waals surface area (Å²) in [5.41, 5.74) is 0.0206. The Morgan fingerprint density at radius 3 is 2.86 bits per heavy atom. The maximum absolute atomic E-state index is 12.1. The van der Waals surface area contributed by atoms with Crippen LogP contribution in [0.5, 0.6) is 0 Å². The molecule has 1 aromatic rings.